The van der Waals surface area contributed by atoms with Crippen LogP contribution in [-0.4, -0.2) is 49.5 Å². The number of amides is 1. The number of rotatable bonds is 4. The van der Waals surface area contributed by atoms with Gasteiger partial charge in [-0.25, -0.2) is 15.0 Å². The second-order valence-electron chi connectivity index (χ2n) is 7.30. The van der Waals surface area contributed by atoms with Crippen molar-refractivity contribution in [2.75, 3.05) is 13.1 Å². The number of fused-ring (bicyclic) bond motifs is 1. The lowest BCUT2D eigenvalue weighted by atomic mass is 10.1. The Hall–Kier alpha value is -3.00. The van der Waals surface area contributed by atoms with Crippen LogP contribution in [0.3, 0.4) is 0 Å². The first-order valence-corrected chi connectivity index (χ1v) is 10.3. The summed E-state index contributed by atoms with van der Waals surface area (Å²) in [6.07, 6.45) is 5.84. The van der Waals surface area contributed by atoms with Crippen molar-refractivity contribution in [2.24, 2.45) is 0 Å². The minimum atomic E-state index is -0.296. The molecule has 4 heterocycles. The topological polar surface area (TPSA) is 90.2 Å². The lowest BCUT2D eigenvalue weighted by Gasteiger charge is -2.32. The van der Waals surface area contributed by atoms with E-state index in [0.29, 0.717) is 35.7 Å². The van der Waals surface area contributed by atoms with Crippen LogP contribution < -0.4 is 10.2 Å². The predicted molar refractivity (Wildman–Crippen MR) is 113 cm³/mol. The molecule has 0 aliphatic carbocycles. The van der Waals surface area contributed by atoms with Gasteiger partial charge in [-0.1, -0.05) is 11.6 Å². The Morgan fingerprint density at radius 2 is 2.07 bits per heavy atom. The molecule has 8 nitrogen and oxygen atoms in total. The summed E-state index contributed by atoms with van der Waals surface area (Å²) in [6.45, 7) is 5.37. The Balaban J connectivity index is 1.60. The van der Waals surface area contributed by atoms with Gasteiger partial charge in [-0.3, -0.25) is 9.59 Å². The molecule has 3 aromatic heterocycles. The van der Waals surface area contributed by atoms with Crippen molar-refractivity contribution in [2.45, 2.75) is 39.3 Å². The van der Waals surface area contributed by atoms with Gasteiger partial charge in [-0.05, 0) is 38.8 Å². The molecule has 3 aromatic rings. The molecule has 0 aromatic carbocycles. The number of carbonyl (C=O) groups excluding carboxylic acids is 1. The third kappa shape index (κ3) is 4.00. The quantitative estimate of drug-likeness (QED) is 0.636. The number of ether oxygens (including phenoxy) is 1. The number of piperidine rings is 1. The second-order valence-corrected chi connectivity index (χ2v) is 7.74. The zero-order chi connectivity index (χ0) is 21.3. The molecular formula is C21H22ClN5O3. The van der Waals surface area contributed by atoms with Crippen LogP contribution in [0.25, 0.3) is 11.0 Å². The number of pyridine rings is 2. The van der Waals surface area contributed by atoms with Crippen molar-refractivity contribution in [1.82, 2.24) is 24.4 Å². The summed E-state index contributed by atoms with van der Waals surface area (Å²) in [5.41, 5.74) is 1.28. The van der Waals surface area contributed by atoms with Gasteiger partial charge in [0.05, 0.1) is 29.3 Å². The molecule has 1 aliphatic rings. The second kappa shape index (κ2) is 8.39. The number of halogens is 1. The van der Waals surface area contributed by atoms with Gasteiger partial charge in [0, 0.05) is 25.0 Å². The van der Waals surface area contributed by atoms with Crippen molar-refractivity contribution in [3.05, 3.63) is 57.2 Å². The zero-order valence-electron chi connectivity index (χ0n) is 16.8. The summed E-state index contributed by atoms with van der Waals surface area (Å²) in [7, 11) is 0. The molecule has 4 rings (SSSR count). The minimum Gasteiger partial charge on any atom is -0.458 e. The maximum absolute atomic E-state index is 13.2. The summed E-state index contributed by atoms with van der Waals surface area (Å²) >= 11 is 5.81. The van der Waals surface area contributed by atoms with Crippen molar-refractivity contribution in [1.29, 1.82) is 0 Å². The van der Waals surface area contributed by atoms with Crippen LogP contribution >= 0.6 is 11.6 Å². The number of nitrogens with zero attached hydrogens (tertiary/aromatic N) is 5. The van der Waals surface area contributed by atoms with E-state index in [1.54, 1.807) is 23.2 Å². The maximum Gasteiger partial charge on any atom is 0.316 e. The van der Waals surface area contributed by atoms with Crippen molar-refractivity contribution in [3.8, 4) is 6.01 Å². The molecule has 1 unspecified atom stereocenters. The van der Waals surface area contributed by atoms with E-state index >= 15 is 0 Å². The fourth-order valence-electron chi connectivity index (χ4n) is 3.65. The average Bonchev–Trinajstić information content (AvgIpc) is 2.75. The van der Waals surface area contributed by atoms with Crippen LogP contribution in [0.15, 0.2) is 35.5 Å². The van der Waals surface area contributed by atoms with Crippen LogP contribution in [0.4, 0.5) is 0 Å². The van der Waals surface area contributed by atoms with Gasteiger partial charge in [0.1, 0.15) is 17.3 Å². The fourth-order valence-corrected chi connectivity index (χ4v) is 3.75. The SMILES string of the molecule is CCn1cc(C(=O)N2CCCC(Oc3ncc(Cl)cn3)C2)c(=O)c2ccc(C)nc21. The van der Waals surface area contributed by atoms with E-state index in [2.05, 4.69) is 15.0 Å². The molecule has 1 atom stereocenters. The first-order valence-electron chi connectivity index (χ1n) is 9.90. The summed E-state index contributed by atoms with van der Waals surface area (Å²) < 4.78 is 7.66. The van der Waals surface area contributed by atoms with Crippen LogP contribution in [0.5, 0.6) is 6.01 Å². The Morgan fingerprint density at radius 1 is 1.30 bits per heavy atom. The Bertz CT molecular complexity index is 1150. The van der Waals surface area contributed by atoms with E-state index < -0.39 is 0 Å². The molecule has 1 fully saturated rings. The maximum atomic E-state index is 13.2. The summed E-state index contributed by atoms with van der Waals surface area (Å²) in [6, 6.07) is 3.75. The lowest BCUT2D eigenvalue weighted by molar-refractivity contribution is 0.0514. The highest BCUT2D eigenvalue weighted by Gasteiger charge is 2.28. The highest BCUT2D eigenvalue weighted by Crippen LogP contribution is 2.19. The number of aryl methyl sites for hydroxylation is 2. The van der Waals surface area contributed by atoms with Crippen molar-refractivity contribution in [3.63, 3.8) is 0 Å². The van der Waals surface area contributed by atoms with Crippen molar-refractivity contribution >= 4 is 28.5 Å². The Kier molecular flexibility index (Phi) is 5.67. The third-order valence-electron chi connectivity index (χ3n) is 5.17. The molecule has 156 valence electrons. The van der Waals surface area contributed by atoms with Gasteiger partial charge in [0.25, 0.3) is 5.91 Å². The van der Waals surface area contributed by atoms with E-state index in [1.807, 2.05) is 18.4 Å². The van der Waals surface area contributed by atoms with E-state index in [0.717, 1.165) is 18.5 Å². The van der Waals surface area contributed by atoms with E-state index in [9.17, 15) is 9.59 Å². The predicted octanol–water partition coefficient (Wildman–Crippen LogP) is 2.85. The third-order valence-corrected chi connectivity index (χ3v) is 5.36. The molecule has 1 saturated heterocycles. The highest BCUT2D eigenvalue weighted by molar-refractivity contribution is 6.30. The van der Waals surface area contributed by atoms with Gasteiger partial charge >= 0.3 is 6.01 Å². The molecular weight excluding hydrogens is 406 g/mol. The number of hydrogen-bond donors (Lipinski definition) is 0. The monoisotopic (exact) mass is 427 g/mol. The molecule has 1 amide bonds. The highest BCUT2D eigenvalue weighted by atomic mass is 35.5. The van der Waals surface area contributed by atoms with Gasteiger partial charge in [-0.15, -0.1) is 0 Å². The molecule has 0 spiro atoms. The van der Waals surface area contributed by atoms with Crippen LogP contribution in [0, 0.1) is 6.92 Å². The van der Waals surface area contributed by atoms with Gasteiger partial charge < -0.3 is 14.2 Å². The molecule has 0 saturated carbocycles. The Labute approximate surface area is 178 Å². The smallest absolute Gasteiger partial charge is 0.316 e. The summed E-state index contributed by atoms with van der Waals surface area (Å²) in [5, 5.41) is 0.878. The van der Waals surface area contributed by atoms with Gasteiger partial charge in [0.2, 0.25) is 5.43 Å². The molecule has 30 heavy (non-hydrogen) atoms. The number of hydrogen-bond acceptors (Lipinski definition) is 6. The Morgan fingerprint density at radius 3 is 2.80 bits per heavy atom. The largest absolute Gasteiger partial charge is 0.458 e. The van der Waals surface area contributed by atoms with Crippen LogP contribution in [0.1, 0.15) is 35.8 Å². The molecule has 9 heteroatoms. The normalized spacial score (nSPS) is 16.6. The molecule has 1 aliphatic heterocycles. The number of aromatic nitrogens is 4. The average molecular weight is 428 g/mol. The van der Waals surface area contributed by atoms with E-state index in [-0.39, 0.29) is 29.0 Å². The lowest BCUT2D eigenvalue weighted by Crippen LogP contribution is -2.45. The van der Waals surface area contributed by atoms with Gasteiger partial charge in [0.15, 0.2) is 0 Å². The molecule has 0 bridgehead atoms. The number of likely N-dealkylation sites (tertiary alicyclic amines) is 1. The molecule has 0 radical (unpaired) electrons. The van der Waals surface area contributed by atoms with Crippen LogP contribution in [0.2, 0.25) is 5.02 Å². The van der Waals surface area contributed by atoms with Crippen molar-refractivity contribution < 1.29 is 9.53 Å². The molecule has 0 N–H and O–H groups in total. The first-order chi connectivity index (χ1) is 14.5. The number of carbonyl (C=O) groups is 1. The summed E-state index contributed by atoms with van der Waals surface area (Å²) in [5.74, 6) is -0.296. The van der Waals surface area contributed by atoms with E-state index in [4.69, 9.17) is 16.3 Å². The fraction of sp³-hybridized carbons (Fsp3) is 0.381. The van der Waals surface area contributed by atoms with E-state index in [1.165, 1.54) is 12.4 Å². The van der Waals surface area contributed by atoms with Crippen LogP contribution in [-0.2, 0) is 6.54 Å². The minimum absolute atomic E-state index is 0.151. The zero-order valence-corrected chi connectivity index (χ0v) is 17.6. The first kappa shape index (κ1) is 20.3. The standard InChI is InChI=1S/C21H22ClN5O3/c1-3-26-12-17(18(28)16-7-6-13(2)25-19(16)26)20(29)27-8-4-5-15(11-27)30-21-23-9-14(22)10-24-21/h6-7,9-10,12,15H,3-5,8,11H2,1-2H3. The van der Waals surface area contributed by atoms with Gasteiger partial charge in [-0.2, -0.15) is 0 Å². The summed E-state index contributed by atoms with van der Waals surface area (Å²) in [4.78, 5) is 40.5.